The number of carbonyl (C=O) groups excluding carboxylic acids is 1. The molecule has 8 nitrogen and oxygen atoms in total. The number of sulfone groups is 1. The molecular formula is C22H27N5O3S2. The van der Waals surface area contributed by atoms with Crippen molar-refractivity contribution in [3.8, 4) is 11.4 Å². The van der Waals surface area contributed by atoms with E-state index in [1.807, 2.05) is 38.2 Å². The first kappa shape index (κ1) is 21.5. The number of benzene rings is 1. The fourth-order valence-corrected chi connectivity index (χ4v) is 7.24. The quantitative estimate of drug-likeness (QED) is 0.529. The highest BCUT2D eigenvalue weighted by molar-refractivity contribution is 8.00. The van der Waals surface area contributed by atoms with Gasteiger partial charge in [0.1, 0.15) is 0 Å². The summed E-state index contributed by atoms with van der Waals surface area (Å²) in [6.45, 7) is 4.28. The minimum absolute atomic E-state index is 0.0430. The molecule has 32 heavy (non-hydrogen) atoms. The number of fused-ring (bicyclic) bond motifs is 1. The lowest BCUT2D eigenvalue weighted by Gasteiger charge is -2.29. The maximum Gasteiger partial charge on any atom is 0.236 e. The van der Waals surface area contributed by atoms with Crippen LogP contribution in [0.25, 0.3) is 22.3 Å². The van der Waals surface area contributed by atoms with E-state index >= 15 is 0 Å². The molecule has 2 atom stereocenters. The maximum absolute atomic E-state index is 13.2. The van der Waals surface area contributed by atoms with Crippen molar-refractivity contribution in [1.29, 1.82) is 0 Å². The lowest BCUT2D eigenvalue weighted by atomic mass is 10.1. The van der Waals surface area contributed by atoms with Crippen molar-refractivity contribution in [1.82, 2.24) is 24.6 Å². The van der Waals surface area contributed by atoms with E-state index in [-0.39, 0.29) is 28.7 Å². The third-order valence-electron chi connectivity index (χ3n) is 6.31. The van der Waals surface area contributed by atoms with Gasteiger partial charge in [0.2, 0.25) is 5.91 Å². The molecule has 1 saturated heterocycles. The Bertz CT molecular complexity index is 1260. The number of aromatic nitrogens is 4. The Morgan fingerprint density at radius 1 is 1.28 bits per heavy atom. The summed E-state index contributed by atoms with van der Waals surface area (Å²) in [6, 6.07) is 8.23. The van der Waals surface area contributed by atoms with Crippen molar-refractivity contribution in [3.05, 3.63) is 30.5 Å². The molecule has 170 valence electrons. The van der Waals surface area contributed by atoms with Crippen molar-refractivity contribution in [3.63, 3.8) is 0 Å². The molecule has 10 heteroatoms. The van der Waals surface area contributed by atoms with Crippen molar-refractivity contribution in [2.45, 2.75) is 55.6 Å². The van der Waals surface area contributed by atoms with Crippen LogP contribution >= 0.6 is 11.8 Å². The highest BCUT2D eigenvalue weighted by Gasteiger charge is 2.37. The number of H-pyrrole nitrogens is 1. The van der Waals surface area contributed by atoms with E-state index in [1.54, 1.807) is 4.90 Å². The van der Waals surface area contributed by atoms with Gasteiger partial charge in [0.15, 0.2) is 20.8 Å². The zero-order chi connectivity index (χ0) is 22.5. The van der Waals surface area contributed by atoms with Crippen LogP contribution in [0.3, 0.4) is 0 Å². The standard InChI is InChI=1S/C22H27N5O3S2/c1-3-26(16-10-11-32(29,30)13-16)21(28)14(2)31-22-25-24-20(27(22)15-8-9-15)18-12-23-19-7-5-4-6-17(18)19/h4-7,12,14-16,23H,3,8-11,13H2,1-2H3. The Labute approximate surface area is 191 Å². The number of nitrogens with zero attached hydrogens (tertiary/aromatic N) is 4. The van der Waals surface area contributed by atoms with Gasteiger partial charge in [-0.1, -0.05) is 30.0 Å². The number of rotatable bonds is 7. The molecule has 3 heterocycles. The molecule has 1 saturated carbocycles. The normalized spacial score (nSPS) is 21.1. The van der Waals surface area contributed by atoms with E-state index < -0.39 is 9.84 Å². The number of aromatic amines is 1. The van der Waals surface area contributed by atoms with Gasteiger partial charge in [0, 0.05) is 41.3 Å². The van der Waals surface area contributed by atoms with Crippen LogP contribution in [0.1, 0.15) is 39.2 Å². The van der Waals surface area contributed by atoms with E-state index in [0.29, 0.717) is 19.0 Å². The largest absolute Gasteiger partial charge is 0.360 e. The van der Waals surface area contributed by atoms with Crippen LogP contribution in [-0.4, -0.2) is 68.3 Å². The van der Waals surface area contributed by atoms with Crippen LogP contribution in [0, 0.1) is 0 Å². The molecule has 1 N–H and O–H groups in total. The Morgan fingerprint density at radius 2 is 2.06 bits per heavy atom. The summed E-state index contributed by atoms with van der Waals surface area (Å²) < 4.78 is 26.0. The number of hydrogen-bond donors (Lipinski definition) is 1. The Morgan fingerprint density at radius 3 is 2.75 bits per heavy atom. The fraction of sp³-hybridized carbons (Fsp3) is 0.500. The summed E-state index contributed by atoms with van der Waals surface area (Å²) in [6.07, 6.45) is 4.63. The minimum atomic E-state index is -3.05. The summed E-state index contributed by atoms with van der Waals surface area (Å²) in [7, 11) is -3.05. The van der Waals surface area contributed by atoms with Crippen molar-refractivity contribution in [2.75, 3.05) is 18.1 Å². The third kappa shape index (κ3) is 3.94. The van der Waals surface area contributed by atoms with Crippen LogP contribution in [-0.2, 0) is 14.6 Å². The van der Waals surface area contributed by atoms with Crippen LogP contribution in [0.15, 0.2) is 35.6 Å². The summed E-state index contributed by atoms with van der Waals surface area (Å²) in [5, 5.41) is 10.4. The lowest BCUT2D eigenvalue weighted by molar-refractivity contribution is -0.131. The average Bonchev–Trinajstić information content (AvgIpc) is 3.22. The predicted octanol–water partition coefficient (Wildman–Crippen LogP) is 3.28. The second-order valence-electron chi connectivity index (χ2n) is 8.60. The maximum atomic E-state index is 13.2. The average molecular weight is 474 g/mol. The van der Waals surface area contributed by atoms with Gasteiger partial charge in [0.25, 0.3) is 0 Å². The van der Waals surface area contributed by atoms with E-state index in [0.717, 1.165) is 40.3 Å². The Hall–Kier alpha value is -2.33. The number of carbonyl (C=O) groups is 1. The van der Waals surface area contributed by atoms with Gasteiger partial charge in [-0.25, -0.2) is 8.42 Å². The zero-order valence-electron chi connectivity index (χ0n) is 18.2. The van der Waals surface area contributed by atoms with Crippen LogP contribution in [0.4, 0.5) is 0 Å². The van der Waals surface area contributed by atoms with Gasteiger partial charge in [-0.15, -0.1) is 10.2 Å². The van der Waals surface area contributed by atoms with E-state index in [2.05, 4.69) is 25.8 Å². The van der Waals surface area contributed by atoms with Crippen LogP contribution in [0.2, 0.25) is 0 Å². The number of para-hydroxylation sites is 1. The van der Waals surface area contributed by atoms with Crippen molar-refractivity contribution < 1.29 is 13.2 Å². The molecule has 1 aromatic carbocycles. The molecule has 2 aromatic heterocycles. The van der Waals surface area contributed by atoms with Gasteiger partial charge in [-0.3, -0.25) is 9.36 Å². The highest BCUT2D eigenvalue weighted by Crippen LogP contribution is 2.43. The highest BCUT2D eigenvalue weighted by atomic mass is 32.2. The molecule has 0 spiro atoms. The van der Waals surface area contributed by atoms with Crippen molar-refractivity contribution >= 4 is 38.4 Å². The van der Waals surface area contributed by atoms with E-state index in [9.17, 15) is 13.2 Å². The molecule has 0 radical (unpaired) electrons. The molecular weight excluding hydrogens is 446 g/mol. The van der Waals surface area contributed by atoms with Gasteiger partial charge in [0.05, 0.1) is 16.8 Å². The van der Waals surface area contributed by atoms with Gasteiger partial charge < -0.3 is 9.88 Å². The van der Waals surface area contributed by atoms with Gasteiger partial charge in [-0.2, -0.15) is 0 Å². The smallest absolute Gasteiger partial charge is 0.236 e. The second kappa shape index (κ2) is 8.22. The van der Waals surface area contributed by atoms with E-state index in [1.165, 1.54) is 11.8 Å². The molecule has 2 unspecified atom stereocenters. The Kier molecular flexibility index (Phi) is 5.53. The van der Waals surface area contributed by atoms with Gasteiger partial charge >= 0.3 is 0 Å². The molecule has 2 fully saturated rings. The molecule has 5 rings (SSSR count). The summed E-state index contributed by atoms with van der Waals surface area (Å²) in [4.78, 5) is 18.3. The summed E-state index contributed by atoms with van der Waals surface area (Å²) in [5.74, 6) is 1.000. The lowest BCUT2D eigenvalue weighted by Crippen LogP contribution is -2.44. The SMILES string of the molecule is CCN(C(=O)C(C)Sc1nnc(-c2c[nH]c3ccccc23)n1C1CC1)C1CCS(=O)(=O)C1. The molecule has 2 aliphatic rings. The molecule has 1 aliphatic heterocycles. The number of hydrogen-bond acceptors (Lipinski definition) is 6. The summed E-state index contributed by atoms with van der Waals surface area (Å²) in [5.41, 5.74) is 2.06. The zero-order valence-corrected chi connectivity index (χ0v) is 19.8. The fourth-order valence-electron chi connectivity index (χ4n) is 4.52. The van der Waals surface area contributed by atoms with Crippen LogP contribution in [0.5, 0.6) is 0 Å². The molecule has 1 aliphatic carbocycles. The van der Waals surface area contributed by atoms with Crippen LogP contribution < -0.4 is 0 Å². The first-order valence-corrected chi connectivity index (χ1v) is 13.8. The Balaban J connectivity index is 1.40. The number of amides is 1. The first-order valence-electron chi connectivity index (χ1n) is 11.1. The predicted molar refractivity (Wildman–Crippen MR) is 125 cm³/mol. The topological polar surface area (TPSA) is 101 Å². The monoisotopic (exact) mass is 473 g/mol. The van der Waals surface area contributed by atoms with E-state index in [4.69, 9.17) is 0 Å². The third-order valence-corrected chi connectivity index (χ3v) is 9.10. The minimum Gasteiger partial charge on any atom is -0.360 e. The molecule has 3 aromatic rings. The number of thioether (sulfide) groups is 1. The van der Waals surface area contributed by atoms with Crippen molar-refractivity contribution in [2.24, 2.45) is 0 Å². The summed E-state index contributed by atoms with van der Waals surface area (Å²) >= 11 is 1.41. The second-order valence-corrected chi connectivity index (χ2v) is 12.1. The van der Waals surface area contributed by atoms with Gasteiger partial charge in [-0.05, 0) is 39.2 Å². The molecule has 1 amide bonds. The molecule has 0 bridgehead atoms. The first-order chi connectivity index (χ1) is 15.4. The number of nitrogens with one attached hydrogen (secondary N) is 1.